The normalized spacial score (nSPS) is 13.4. The predicted molar refractivity (Wildman–Crippen MR) is 112 cm³/mol. The van der Waals surface area contributed by atoms with Gasteiger partial charge in [-0.1, -0.05) is 42.5 Å². The van der Waals surface area contributed by atoms with Gasteiger partial charge in [-0.3, -0.25) is 4.90 Å². The highest BCUT2D eigenvalue weighted by molar-refractivity contribution is 7.80. The van der Waals surface area contributed by atoms with Gasteiger partial charge >= 0.3 is 12.1 Å². The molecule has 3 rings (SSSR count). The zero-order chi connectivity index (χ0) is 20.5. The second kappa shape index (κ2) is 7.87. The third-order valence-electron chi connectivity index (χ3n) is 4.75. The van der Waals surface area contributed by atoms with Gasteiger partial charge < -0.3 is 9.84 Å². The standard InChI is InChI=1S/C22H25NO4S/c1-22(2,3)27-21(26)23(19(13-28)20(24)25)12-15-8-6-10-17-16-9-5-4-7-14(16)11-18(15)17/h4-10,19,28H,11-13H2,1-3H3,(H,24,25). The topological polar surface area (TPSA) is 66.8 Å². The molecule has 1 aliphatic rings. The van der Waals surface area contributed by atoms with Gasteiger partial charge in [0.25, 0.3) is 0 Å². The van der Waals surface area contributed by atoms with Crippen LogP contribution in [-0.2, 0) is 22.5 Å². The number of nitrogens with zero attached hydrogens (tertiary/aromatic N) is 1. The predicted octanol–water partition coefficient (Wildman–Crippen LogP) is 4.38. The summed E-state index contributed by atoms with van der Waals surface area (Å²) in [6.07, 6.45) is 0.115. The van der Waals surface area contributed by atoms with E-state index in [-0.39, 0.29) is 12.3 Å². The van der Waals surface area contributed by atoms with Crippen molar-refractivity contribution in [2.75, 3.05) is 5.75 Å². The molecular formula is C22H25NO4S. The highest BCUT2D eigenvalue weighted by Gasteiger charge is 2.33. The summed E-state index contributed by atoms with van der Waals surface area (Å²) in [5.74, 6) is -1.10. The summed E-state index contributed by atoms with van der Waals surface area (Å²) in [7, 11) is 0. The molecule has 1 atom stereocenters. The fourth-order valence-electron chi connectivity index (χ4n) is 3.49. The summed E-state index contributed by atoms with van der Waals surface area (Å²) in [4.78, 5) is 25.8. The summed E-state index contributed by atoms with van der Waals surface area (Å²) >= 11 is 4.16. The third-order valence-corrected chi connectivity index (χ3v) is 5.10. The molecule has 28 heavy (non-hydrogen) atoms. The van der Waals surface area contributed by atoms with Crippen molar-refractivity contribution in [1.29, 1.82) is 0 Å². The molecule has 1 amide bonds. The maximum atomic E-state index is 12.8. The van der Waals surface area contributed by atoms with Crippen molar-refractivity contribution < 1.29 is 19.4 Å². The Hall–Kier alpha value is -2.47. The van der Waals surface area contributed by atoms with Gasteiger partial charge in [0.15, 0.2) is 0 Å². The summed E-state index contributed by atoms with van der Waals surface area (Å²) in [6, 6.07) is 13.1. The number of carboxylic acids is 1. The van der Waals surface area contributed by atoms with E-state index in [0.717, 1.165) is 23.1 Å². The van der Waals surface area contributed by atoms with Crippen molar-refractivity contribution in [1.82, 2.24) is 4.90 Å². The first-order chi connectivity index (χ1) is 13.2. The molecule has 0 fully saturated rings. The molecule has 1 N–H and O–H groups in total. The molecule has 1 unspecified atom stereocenters. The van der Waals surface area contributed by atoms with Crippen molar-refractivity contribution in [2.24, 2.45) is 0 Å². The average Bonchev–Trinajstić information content (AvgIpc) is 2.99. The lowest BCUT2D eigenvalue weighted by Crippen LogP contribution is -2.48. The van der Waals surface area contributed by atoms with E-state index in [1.807, 2.05) is 24.3 Å². The first-order valence-corrected chi connectivity index (χ1v) is 9.87. The van der Waals surface area contributed by atoms with Gasteiger partial charge in [-0.25, -0.2) is 9.59 Å². The van der Waals surface area contributed by atoms with E-state index in [9.17, 15) is 14.7 Å². The quantitative estimate of drug-likeness (QED) is 0.625. The number of hydrogen-bond donors (Lipinski definition) is 2. The molecule has 1 aliphatic carbocycles. The number of carboxylic acid groups (broad SMARTS) is 1. The van der Waals surface area contributed by atoms with Crippen LogP contribution in [0.25, 0.3) is 11.1 Å². The average molecular weight is 400 g/mol. The minimum Gasteiger partial charge on any atom is -0.480 e. The maximum absolute atomic E-state index is 12.8. The van der Waals surface area contributed by atoms with Gasteiger partial charge in [-0.15, -0.1) is 0 Å². The lowest BCUT2D eigenvalue weighted by molar-refractivity contribution is -0.142. The molecule has 148 valence electrons. The smallest absolute Gasteiger partial charge is 0.411 e. The van der Waals surface area contributed by atoms with Crippen molar-refractivity contribution >= 4 is 24.7 Å². The lowest BCUT2D eigenvalue weighted by atomic mass is 10.0. The molecule has 0 radical (unpaired) electrons. The van der Waals surface area contributed by atoms with Crippen LogP contribution in [0.3, 0.4) is 0 Å². The molecule has 5 nitrogen and oxygen atoms in total. The van der Waals surface area contributed by atoms with Gasteiger partial charge in [0.1, 0.15) is 11.6 Å². The van der Waals surface area contributed by atoms with E-state index in [1.165, 1.54) is 16.0 Å². The molecule has 2 aromatic rings. The molecule has 2 aromatic carbocycles. The van der Waals surface area contributed by atoms with E-state index < -0.39 is 23.7 Å². The first kappa shape index (κ1) is 20.3. The summed E-state index contributed by atoms with van der Waals surface area (Å²) in [5.41, 5.74) is 4.89. The number of carbonyl (C=O) groups excluding carboxylic acids is 1. The number of carbonyl (C=O) groups is 2. The number of amides is 1. The van der Waals surface area contributed by atoms with E-state index >= 15 is 0 Å². The molecule has 0 bridgehead atoms. The third kappa shape index (κ3) is 4.17. The number of benzene rings is 2. The van der Waals surface area contributed by atoms with Crippen LogP contribution in [0.1, 0.15) is 37.5 Å². The van der Waals surface area contributed by atoms with Crippen LogP contribution in [0, 0.1) is 0 Å². The molecule has 0 heterocycles. The maximum Gasteiger partial charge on any atom is 0.411 e. The molecule has 0 spiro atoms. The second-order valence-electron chi connectivity index (χ2n) is 7.92. The van der Waals surface area contributed by atoms with E-state index in [1.54, 1.807) is 20.8 Å². The molecule has 0 saturated carbocycles. The van der Waals surface area contributed by atoms with Crippen LogP contribution in [0.5, 0.6) is 0 Å². The molecular weight excluding hydrogens is 374 g/mol. The first-order valence-electron chi connectivity index (χ1n) is 9.23. The Labute approximate surface area is 170 Å². The number of hydrogen-bond acceptors (Lipinski definition) is 4. The Morgan fingerprint density at radius 1 is 1.14 bits per heavy atom. The molecule has 0 saturated heterocycles. The SMILES string of the molecule is CC(C)(C)OC(=O)N(Cc1cccc2c1Cc1ccccc1-2)C(CS)C(=O)O. The van der Waals surface area contributed by atoms with E-state index in [4.69, 9.17) is 4.74 Å². The number of ether oxygens (including phenoxy) is 1. The van der Waals surface area contributed by atoms with Crippen molar-refractivity contribution in [3.05, 3.63) is 59.2 Å². The second-order valence-corrected chi connectivity index (χ2v) is 8.29. The Morgan fingerprint density at radius 2 is 1.82 bits per heavy atom. The fraction of sp³-hybridized carbons (Fsp3) is 0.364. The van der Waals surface area contributed by atoms with Gasteiger partial charge in [0.05, 0.1) is 6.54 Å². The van der Waals surface area contributed by atoms with E-state index in [2.05, 4.69) is 30.8 Å². The Balaban J connectivity index is 1.96. The highest BCUT2D eigenvalue weighted by atomic mass is 32.1. The monoisotopic (exact) mass is 399 g/mol. The summed E-state index contributed by atoms with van der Waals surface area (Å²) in [5, 5.41) is 9.61. The zero-order valence-electron chi connectivity index (χ0n) is 16.3. The van der Waals surface area contributed by atoms with Gasteiger partial charge in [0.2, 0.25) is 0 Å². The van der Waals surface area contributed by atoms with Crippen LogP contribution in [-0.4, -0.2) is 39.5 Å². The van der Waals surface area contributed by atoms with Crippen LogP contribution < -0.4 is 0 Å². The van der Waals surface area contributed by atoms with Crippen LogP contribution in [0.2, 0.25) is 0 Å². The summed E-state index contributed by atoms with van der Waals surface area (Å²) in [6.45, 7) is 5.44. The van der Waals surface area contributed by atoms with E-state index in [0.29, 0.717) is 0 Å². The molecule has 6 heteroatoms. The lowest BCUT2D eigenvalue weighted by Gasteiger charge is -2.31. The fourth-order valence-corrected chi connectivity index (χ4v) is 3.84. The minimum absolute atomic E-state index is 0.00380. The van der Waals surface area contributed by atoms with Crippen molar-refractivity contribution in [3.8, 4) is 11.1 Å². The van der Waals surface area contributed by atoms with Crippen LogP contribution in [0.4, 0.5) is 4.79 Å². The Kier molecular flexibility index (Phi) is 5.70. The van der Waals surface area contributed by atoms with Gasteiger partial charge in [-0.05, 0) is 55.0 Å². The van der Waals surface area contributed by atoms with Crippen LogP contribution in [0.15, 0.2) is 42.5 Å². The van der Waals surface area contributed by atoms with Gasteiger partial charge in [0, 0.05) is 5.75 Å². The largest absolute Gasteiger partial charge is 0.480 e. The van der Waals surface area contributed by atoms with Gasteiger partial charge in [-0.2, -0.15) is 12.6 Å². The number of fused-ring (bicyclic) bond motifs is 3. The Bertz CT molecular complexity index is 904. The number of aliphatic carboxylic acids is 1. The summed E-state index contributed by atoms with van der Waals surface area (Å²) < 4.78 is 5.48. The number of thiol groups is 1. The number of rotatable bonds is 5. The highest BCUT2D eigenvalue weighted by Crippen LogP contribution is 2.38. The molecule has 0 aliphatic heterocycles. The van der Waals surface area contributed by atoms with Crippen molar-refractivity contribution in [2.45, 2.75) is 45.4 Å². The molecule has 0 aromatic heterocycles. The minimum atomic E-state index is -1.10. The van der Waals surface area contributed by atoms with Crippen LogP contribution >= 0.6 is 12.6 Å². The zero-order valence-corrected chi connectivity index (χ0v) is 17.2. The Morgan fingerprint density at radius 3 is 2.46 bits per heavy atom. The van der Waals surface area contributed by atoms with Crippen molar-refractivity contribution in [3.63, 3.8) is 0 Å².